The van der Waals surface area contributed by atoms with E-state index in [0.717, 1.165) is 19.3 Å². The summed E-state index contributed by atoms with van der Waals surface area (Å²) in [6.45, 7) is 8.37. The van der Waals surface area contributed by atoms with Crippen molar-refractivity contribution in [2.24, 2.45) is 0 Å². The molecular weight excluding hydrogens is 486 g/mol. The van der Waals surface area contributed by atoms with Crippen molar-refractivity contribution >= 4 is 37.6 Å². The van der Waals surface area contributed by atoms with Crippen molar-refractivity contribution in [1.29, 1.82) is 0 Å². The lowest BCUT2D eigenvalue weighted by Crippen LogP contribution is -2.33. The second-order valence-corrected chi connectivity index (χ2v) is 11.9. The number of nitrogens with one attached hydrogen (secondary N) is 1. The molecule has 0 unspecified atom stereocenters. The number of carbonyl (C=O) groups excluding carboxylic acids is 1. The molecule has 0 bridgehead atoms. The maximum absolute atomic E-state index is 12.0. The van der Waals surface area contributed by atoms with Gasteiger partial charge in [-0.2, -0.15) is 0 Å². The number of hydrogen-bond acceptors (Lipinski definition) is 3. The summed E-state index contributed by atoms with van der Waals surface area (Å²) in [5, 5.41) is 5.46. The number of benzene rings is 4. The molecule has 0 radical (unpaired) electrons. The Morgan fingerprint density at radius 1 is 0.737 bits per heavy atom. The summed E-state index contributed by atoms with van der Waals surface area (Å²) in [5.41, 5.74) is 7.01. The van der Waals surface area contributed by atoms with Gasteiger partial charge in [0.05, 0.1) is 0 Å². The summed E-state index contributed by atoms with van der Waals surface area (Å²) in [6, 6.07) is 31.2. The van der Waals surface area contributed by atoms with E-state index in [1.807, 2.05) is 32.1 Å². The molecule has 3 nitrogen and oxygen atoms in total. The molecule has 0 atom stereocenters. The third-order valence-electron chi connectivity index (χ3n) is 6.61. The molecule has 4 aromatic carbocycles. The zero-order valence-electron chi connectivity index (χ0n) is 22.6. The van der Waals surface area contributed by atoms with Crippen LogP contribution < -0.4 is 5.32 Å². The molecule has 0 saturated carbocycles. The molecule has 0 spiro atoms. The summed E-state index contributed by atoms with van der Waals surface area (Å²) in [7, 11) is 0. The standard InChI is InChI=1S/C34H35NO2S/c1-5-8-23-9-6-11-25(19-23)27-13-15-31-29(21-27)30-22-28(14-16-32(30)38-31)26-12-7-10-24(20-26)17-18-35-33(36)37-34(2,3)4/h6-7,9-16,19-22H,5,8,17-18H2,1-4H3,(H,35,36). The molecule has 0 aliphatic carbocycles. The molecule has 1 amide bonds. The number of aryl methyl sites for hydroxylation is 1. The van der Waals surface area contributed by atoms with Crippen LogP contribution in [0.5, 0.6) is 0 Å². The van der Waals surface area contributed by atoms with E-state index >= 15 is 0 Å². The highest BCUT2D eigenvalue weighted by Gasteiger charge is 2.15. The van der Waals surface area contributed by atoms with Crippen LogP contribution in [-0.4, -0.2) is 18.2 Å². The number of amides is 1. The first kappa shape index (κ1) is 26.0. The fraction of sp³-hybridized carbons (Fsp3) is 0.265. The summed E-state index contributed by atoms with van der Waals surface area (Å²) < 4.78 is 7.96. The zero-order valence-corrected chi connectivity index (χ0v) is 23.5. The van der Waals surface area contributed by atoms with Gasteiger partial charge in [-0.15, -0.1) is 11.3 Å². The van der Waals surface area contributed by atoms with Gasteiger partial charge in [0.15, 0.2) is 0 Å². The van der Waals surface area contributed by atoms with E-state index in [9.17, 15) is 4.79 Å². The number of alkyl carbamates (subject to hydrolysis) is 1. The van der Waals surface area contributed by atoms with Crippen LogP contribution in [0.15, 0.2) is 84.9 Å². The number of thiophene rings is 1. The molecule has 1 heterocycles. The quantitative estimate of drug-likeness (QED) is 0.232. The number of carbonyl (C=O) groups is 1. The highest BCUT2D eigenvalue weighted by atomic mass is 32.1. The van der Waals surface area contributed by atoms with Gasteiger partial charge >= 0.3 is 6.09 Å². The highest BCUT2D eigenvalue weighted by Crippen LogP contribution is 2.38. The fourth-order valence-corrected chi connectivity index (χ4v) is 5.93. The first-order chi connectivity index (χ1) is 18.3. The Bertz CT molecular complexity index is 1590. The van der Waals surface area contributed by atoms with Crippen LogP contribution in [0.4, 0.5) is 4.79 Å². The van der Waals surface area contributed by atoms with Crippen molar-refractivity contribution < 1.29 is 9.53 Å². The summed E-state index contributed by atoms with van der Waals surface area (Å²) in [5.74, 6) is 0. The van der Waals surface area contributed by atoms with E-state index in [4.69, 9.17) is 4.74 Å². The van der Waals surface area contributed by atoms with E-state index in [-0.39, 0.29) is 6.09 Å². The van der Waals surface area contributed by atoms with Gasteiger partial charge in [0.2, 0.25) is 0 Å². The van der Waals surface area contributed by atoms with Gasteiger partial charge in [-0.3, -0.25) is 0 Å². The lowest BCUT2D eigenvalue weighted by Gasteiger charge is -2.19. The highest BCUT2D eigenvalue weighted by molar-refractivity contribution is 7.25. The Morgan fingerprint density at radius 2 is 1.26 bits per heavy atom. The van der Waals surface area contributed by atoms with Crippen molar-refractivity contribution in [3.05, 3.63) is 96.1 Å². The Kier molecular flexibility index (Phi) is 7.53. The fourth-order valence-electron chi connectivity index (χ4n) is 4.86. The average Bonchev–Trinajstić information content (AvgIpc) is 3.25. The normalized spacial score (nSPS) is 11.7. The van der Waals surface area contributed by atoms with Crippen LogP contribution in [0, 0.1) is 0 Å². The van der Waals surface area contributed by atoms with Crippen LogP contribution in [0.3, 0.4) is 0 Å². The molecule has 0 saturated heterocycles. The molecule has 1 N–H and O–H groups in total. The Balaban J connectivity index is 1.40. The molecule has 5 aromatic rings. The average molecular weight is 522 g/mol. The number of hydrogen-bond donors (Lipinski definition) is 1. The molecule has 0 aliphatic rings. The first-order valence-corrected chi connectivity index (χ1v) is 14.2. The lowest BCUT2D eigenvalue weighted by molar-refractivity contribution is 0.0528. The van der Waals surface area contributed by atoms with Crippen molar-refractivity contribution in [1.82, 2.24) is 5.32 Å². The summed E-state index contributed by atoms with van der Waals surface area (Å²) in [4.78, 5) is 12.0. The van der Waals surface area contributed by atoms with E-state index in [2.05, 4.69) is 97.2 Å². The zero-order chi connectivity index (χ0) is 26.7. The van der Waals surface area contributed by atoms with Gasteiger partial charge in [-0.05, 0) is 91.3 Å². The minimum Gasteiger partial charge on any atom is -0.444 e. The minimum absolute atomic E-state index is 0.375. The number of fused-ring (bicyclic) bond motifs is 3. The van der Waals surface area contributed by atoms with Crippen molar-refractivity contribution in [3.8, 4) is 22.3 Å². The molecular formula is C34H35NO2S. The van der Waals surface area contributed by atoms with Crippen LogP contribution in [0.1, 0.15) is 45.2 Å². The second kappa shape index (κ2) is 11.0. The van der Waals surface area contributed by atoms with Gasteiger partial charge < -0.3 is 10.1 Å². The molecule has 0 aliphatic heterocycles. The van der Waals surface area contributed by atoms with Crippen LogP contribution >= 0.6 is 11.3 Å². The van der Waals surface area contributed by atoms with Crippen LogP contribution in [0.25, 0.3) is 42.4 Å². The topological polar surface area (TPSA) is 38.3 Å². The van der Waals surface area contributed by atoms with Crippen molar-refractivity contribution in [3.63, 3.8) is 0 Å². The van der Waals surface area contributed by atoms with E-state index in [1.54, 1.807) is 0 Å². The van der Waals surface area contributed by atoms with Gasteiger partial charge in [-0.1, -0.05) is 74.0 Å². The predicted octanol–water partition coefficient (Wildman–Crippen LogP) is 9.41. The van der Waals surface area contributed by atoms with E-state index in [1.165, 1.54) is 53.6 Å². The SMILES string of the molecule is CCCc1cccc(-c2ccc3sc4ccc(-c5cccc(CCNC(=O)OC(C)(C)C)c5)cc4c3c2)c1. The Labute approximate surface area is 229 Å². The van der Waals surface area contributed by atoms with E-state index < -0.39 is 5.60 Å². The van der Waals surface area contributed by atoms with E-state index in [0.29, 0.717) is 6.54 Å². The number of ether oxygens (including phenoxy) is 1. The van der Waals surface area contributed by atoms with Crippen LogP contribution in [0.2, 0.25) is 0 Å². The van der Waals surface area contributed by atoms with Gasteiger partial charge in [0, 0.05) is 26.7 Å². The van der Waals surface area contributed by atoms with Crippen LogP contribution in [-0.2, 0) is 17.6 Å². The lowest BCUT2D eigenvalue weighted by atomic mass is 9.98. The number of rotatable bonds is 7. The summed E-state index contributed by atoms with van der Waals surface area (Å²) in [6.07, 6.45) is 2.63. The van der Waals surface area contributed by atoms with Crippen molar-refractivity contribution in [2.45, 2.75) is 52.6 Å². The minimum atomic E-state index is -0.492. The molecule has 38 heavy (non-hydrogen) atoms. The Hall–Kier alpha value is -3.63. The maximum atomic E-state index is 12.0. The molecule has 5 rings (SSSR count). The molecule has 4 heteroatoms. The third kappa shape index (κ3) is 6.08. The smallest absolute Gasteiger partial charge is 0.407 e. The molecule has 1 aromatic heterocycles. The third-order valence-corrected chi connectivity index (χ3v) is 7.76. The first-order valence-electron chi connectivity index (χ1n) is 13.4. The predicted molar refractivity (Wildman–Crippen MR) is 162 cm³/mol. The van der Waals surface area contributed by atoms with Gasteiger partial charge in [0.25, 0.3) is 0 Å². The van der Waals surface area contributed by atoms with Gasteiger partial charge in [0.1, 0.15) is 5.60 Å². The molecule has 0 fully saturated rings. The maximum Gasteiger partial charge on any atom is 0.407 e. The van der Waals surface area contributed by atoms with Crippen molar-refractivity contribution in [2.75, 3.05) is 6.54 Å². The largest absolute Gasteiger partial charge is 0.444 e. The Morgan fingerprint density at radius 3 is 1.79 bits per heavy atom. The second-order valence-electron chi connectivity index (χ2n) is 10.9. The monoisotopic (exact) mass is 521 g/mol. The van der Waals surface area contributed by atoms with Gasteiger partial charge in [-0.25, -0.2) is 4.79 Å². The summed E-state index contributed by atoms with van der Waals surface area (Å²) >= 11 is 1.85. The molecule has 194 valence electrons.